The predicted octanol–water partition coefficient (Wildman–Crippen LogP) is 5.97. The molecule has 0 atom stereocenters. The van der Waals surface area contributed by atoms with Crippen LogP contribution in [0.15, 0.2) is 30.4 Å². The number of carbonyl (C=O) groups is 2. The highest BCUT2D eigenvalue weighted by atomic mass is 16.3. The summed E-state index contributed by atoms with van der Waals surface area (Å²) in [6.07, 6.45) is 17.7. The van der Waals surface area contributed by atoms with E-state index in [0.717, 1.165) is 56.9 Å². The van der Waals surface area contributed by atoms with Gasteiger partial charge in [-0.3, -0.25) is 9.59 Å². The molecule has 0 saturated heterocycles. The fourth-order valence-corrected chi connectivity index (χ4v) is 3.44. The first kappa shape index (κ1) is 26.7. The number of aromatic hydroxyl groups is 2. The Hall–Kier alpha value is -2.30. The second kappa shape index (κ2) is 17.4. The van der Waals surface area contributed by atoms with E-state index in [1.165, 1.54) is 31.4 Å². The molecule has 5 nitrogen and oxygen atoms in total. The highest BCUT2D eigenvalue weighted by Gasteiger charge is 2.03. The van der Waals surface area contributed by atoms with Crippen LogP contribution in [0, 0.1) is 0 Å². The summed E-state index contributed by atoms with van der Waals surface area (Å²) >= 11 is 0. The Morgan fingerprint density at radius 3 is 2.29 bits per heavy atom. The highest BCUT2D eigenvalue weighted by Crippen LogP contribution is 2.24. The van der Waals surface area contributed by atoms with E-state index < -0.39 is 0 Å². The average molecular weight is 432 g/mol. The lowest BCUT2D eigenvalue weighted by Gasteiger charge is -2.06. The maximum absolute atomic E-state index is 11.9. The third-order valence-electron chi connectivity index (χ3n) is 5.38. The number of phenols is 2. The van der Waals surface area contributed by atoms with Gasteiger partial charge in [0.25, 0.3) is 0 Å². The van der Waals surface area contributed by atoms with Crippen LogP contribution in [0.4, 0.5) is 0 Å². The Kier molecular flexibility index (Phi) is 15.0. The van der Waals surface area contributed by atoms with Crippen LogP contribution in [0.5, 0.6) is 11.5 Å². The molecule has 0 radical (unpaired) electrons. The average Bonchev–Trinajstić information content (AvgIpc) is 2.75. The van der Waals surface area contributed by atoms with E-state index >= 15 is 0 Å². The van der Waals surface area contributed by atoms with Crippen molar-refractivity contribution in [2.24, 2.45) is 0 Å². The first-order chi connectivity index (χ1) is 15.0. The maximum Gasteiger partial charge on any atom is 0.220 e. The summed E-state index contributed by atoms with van der Waals surface area (Å²) in [6.45, 7) is 2.72. The van der Waals surface area contributed by atoms with Gasteiger partial charge in [-0.1, -0.05) is 64.0 Å². The minimum absolute atomic E-state index is 0.0548. The van der Waals surface area contributed by atoms with Crippen LogP contribution in [-0.2, 0) is 16.0 Å². The van der Waals surface area contributed by atoms with Crippen LogP contribution in [0.2, 0.25) is 0 Å². The van der Waals surface area contributed by atoms with Crippen molar-refractivity contribution in [3.63, 3.8) is 0 Å². The van der Waals surface area contributed by atoms with Crippen molar-refractivity contribution < 1.29 is 19.8 Å². The van der Waals surface area contributed by atoms with Gasteiger partial charge in [0.05, 0.1) is 0 Å². The molecular formula is C26H41NO4. The molecule has 0 bridgehead atoms. The monoisotopic (exact) mass is 431 g/mol. The van der Waals surface area contributed by atoms with Crippen molar-refractivity contribution >= 4 is 11.7 Å². The fraction of sp³-hybridized carbons (Fsp3) is 0.615. The number of amides is 1. The van der Waals surface area contributed by atoms with E-state index in [2.05, 4.69) is 12.2 Å². The summed E-state index contributed by atoms with van der Waals surface area (Å²) in [5.74, 6) is 0.0399. The topological polar surface area (TPSA) is 86.6 Å². The van der Waals surface area contributed by atoms with Crippen LogP contribution >= 0.6 is 0 Å². The molecule has 3 N–H and O–H groups in total. The minimum atomic E-state index is -0.135. The molecule has 0 aromatic heterocycles. The first-order valence-electron chi connectivity index (χ1n) is 12.0. The van der Waals surface area contributed by atoms with Crippen molar-refractivity contribution in [2.75, 3.05) is 6.54 Å². The number of phenolic OH excluding ortho intramolecular Hbond substituents is 2. The molecule has 1 amide bonds. The third-order valence-corrected chi connectivity index (χ3v) is 5.38. The summed E-state index contributed by atoms with van der Waals surface area (Å²) in [5.41, 5.74) is 0.873. The van der Waals surface area contributed by atoms with Gasteiger partial charge >= 0.3 is 0 Å². The van der Waals surface area contributed by atoms with Gasteiger partial charge < -0.3 is 15.5 Å². The molecule has 0 saturated carbocycles. The second-order valence-corrected chi connectivity index (χ2v) is 8.26. The zero-order valence-electron chi connectivity index (χ0n) is 19.2. The van der Waals surface area contributed by atoms with E-state index in [-0.39, 0.29) is 23.2 Å². The van der Waals surface area contributed by atoms with Crippen molar-refractivity contribution in [1.29, 1.82) is 0 Å². The summed E-state index contributed by atoms with van der Waals surface area (Å²) < 4.78 is 0. The van der Waals surface area contributed by atoms with Crippen molar-refractivity contribution in [3.8, 4) is 11.5 Å². The zero-order chi connectivity index (χ0) is 22.7. The molecule has 1 rings (SSSR count). The Morgan fingerprint density at radius 1 is 0.871 bits per heavy atom. The number of carbonyl (C=O) groups excluding carboxylic acids is 2. The van der Waals surface area contributed by atoms with Gasteiger partial charge in [-0.05, 0) is 55.9 Å². The Labute approximate surface area is 188 Å². The summed E-state index contributed by atoms with van der Waals surface area (Å²) in [5, 5.41) is 21.7. The van der Waals surface area contributed by atoms with E-state index in [4.69, 9.17) is 0 Å². The number of hydrogen-bond acceptors (Lipinski definition) is 4. The number of benzene rings is 1. The van der Waals surface area contributed by atoms with Crippen LogP contribution in [-0.4, -0.2) is 28.4 Å². The van der Waals surface area contributed by atoms with Gasteiger partial charge in [0.15, 0.2) is 17.3 Å². The molecule has 0 spiro atoms. The Morgan fingerprint density at radius 2 is 1.55 bits per heavy atom. The van der Waals surface area contributed by atoms with Gasteiger partial charge in [-0.2, -0.15) is 0 Å². The second-order valence-electron chi connectivity index (χ2n) is 8.26. The minimum Gasteiger partial charge on any atom is -0.504 e. The van der Waals surface area contributed by atoms with Crippen LogP contribution in [0.25, 0.3) is 0 Å². The number of allylic oxidation sites excluding steroid dienone is 2. The van der Waals surface area contributed by atoms with Crippen LogP contribution in [0.1, 0.15) is 96.0 Å². The van der Waals surface area contributed by atoms with Crippen molar-refractivity contribution in [3.05, 3.63) is 35.9 Å². The molecule has 174 valence electrons. The van der Waals surface area contributed by atoms with Gasteiger partial charge in [0.1, 0.15) is 0 Å². The van der Waals surface area contributed by atoms with Gasteiger partial charge in [-0.15, -0.1) is 0 Å². The number of rotatable bonds is 18. The largest absolute Gasteiger partial charge is 0.504 e. The summed E-state index contributed by atoms with van der Waals surface area (Å²) in [6, 6.07) is 4.71. The predicted molar refractivity (Wildman–Crippen MR) is 126 cm³/mol. The lowest BCUT2D eigenvalue weighted by atomic mass is 10.1. The third kappa shape index (κ3) is 14.4. The Balaban J connectivity index is 1.93. The standard InChI is InChI=1S/C26H41NO4/c1-2-3-4-8-11-14-23(28)15-12-9-6-5-7-10-13-16-26(31)27-20-19-22-17-18-24(29)25(30)21-22/h12,15,17-18,21,29-30H,2-11,13-14,16,19-20H2,1H3,(H,27,31)/b15-12+. The van der Waals surface area contributed by atoms with Crippen molar-refractivity contribution in [1.82, 2.24) is 5.32 Å². The van der Waals surface area contributed by atoms with Gasteiger partial charge in [0, 0.05) is 19.4 Å². The molecule has 0 aliphatic rings. The molecule has 0 heterocycles. The number of ketones is 1. The molecular weight excluding hydrogens is 390 g/mol. The summed E-state index contributed by atoms with van der Waals surface area (Å²) in [4.78, 5) is 23.6. The van der Waals surface area contributed by atoms with Crippen LogP contribution in [0.3, 0.4) is 0 Å². The molecule has 5 heteroatoms. The smallest absolute Gasteiger partial charge is 0.220 e. The molecule has 0 fully saturated rings. The van der Waals surface area contributed by atoms with E-state index in [1.807, 2.05) is 6.08 Å². The number of nitrogens with one attached hydrogen (secondary N) is 1. The number of hydrogen-bond donors (Lipinski definition) is 3. The first-order valence-corrected chi connectivity index (χ1v) is 12.0. The Bertz CT molecular complexity index is 669. The molecule has 0 aliphatic carbocycles. The molecule has 0 aliphatic heterocycles. The van der Waals surface area contributed by atoms with Crippen LogP contribution < -0.4 is 5.32 Å². The van der Waals surface area contributed by atoms with Gasteiger partial charge in [-0.25, -0.2) is 0 Å². The van der Waals surface area contributed by atoms with E-state index in [9.17, 15) is 19.8 Å². The maximum atomic E-state index is 11.9. The van der Waals surface area contributed by atoms with Gasteiger partial charge in [0.2, 0.25) is 5.91 Å². The summed E-state index contributed by atoms with van der Waals surface area (Å²) in [7, 11) is 0. The highest BCUT2D eigenvalue weighted by molar-refractivity contribution is 5.89. The normalized spacial score (nSPS) is 11.1. The zero-order valence-corrected chi connectivity index (χ0v) is 19.2. The molecule has 1 aromatic carbocycles. The molecule has 0 unspecified atom stereocenters. The van der Waals surface area contributed by atoms with Crippen molar-refractivity contribution in [2.45, 2.75) is 96.8 Å². The van der Waals surface area contributed by atoms with E-state index in [0.29, 0.717) is 25.8 Å². The van der Waals surface area contributed by atoms with E-state index in [1.54, 1.807) is 12.1 Å². The fourth-order valence-electron chi connectivity index (χ4n) is 3.44. The molecule has 1 aromatic rings. The molecule has 31 heavy (non-hydrogen) atoms. The SMILES string of the molecule is CCCCCCCC(=O)/C=C/CCCCCCCC(=O)NCCc1ccc(O)c(O)c1. The number of unbranched alkanes of at least 4 members (excludes halogenated alkanes) is 9. The lowest BCUT2D eigenvalue weighted by molar-refractivity contribution is -0.121. The quantitative estimate of drug-likeness (QED) is 0.152. The lowest BCUT2D eigenvalue weighted by Crippen LogP contribution is -2.25.